The van der Waals surface area contributed by atoms with Gasteiger partial charge in [0.05, 0.1) is 12.1 Å². The molecule has 0 atom stereocenters. The summed E-state index contributed by atoms with van der Waals surface area (Å²) in [7, 11) is 1.55. The van der Waals surface area contributed by atoms with Gasteiger partial charge in [-0.1, -0.05) is 0 Å². The van der Waals surface area contributed by atoms with Gasteiger partial charge in [-0.3, -0.25) is 4.79 Å². The van der Waals surface area contributed by atoms with Crippen LogP contribution in [0.1, 0.15) is 5.69 Å². The molecule has 2 aromatic rings. The maximum absolute atomic E-state index is 13.1. The molecule has 0 amide bonds. The average Bonchev–Trinajstić information content (AvgIpc) is 2.20. The Kier molecular flexibility index (Phi) is 3.25. The third-order valence-corrected chi connectivity index (χ3v) is 3.06. The number of rotatable bonds is 2. The fourth-order valence-electron chi connectivity index (χ4n) is 1.56. The van der Waals surface area contributed by atoms with Crippen LogP contribution in [-0.4, -0.2) is 12.1 Å². The van der Waals surface area contributed by atoms with Gasteiger partial charge in [-0.05, 0) is 34.7 Å². The summed E-state index contributed by atoms with van der Waals surface area (Å²) in [5, 5.41) is 0.365. The predicted molar refractivity (Wildman–Crippen MR) is 68.0 cm³/mol. The topological polar surface area (TPSA) is 42.1 Å². The van der Waals surface area contributed by atoms with Crippen molar-refractivity contribution in [2.75, 3.05) is 7.11 Å². The van der Waals surface area contributed by atoms with Crippen LogP contribution in [0.25, 0.3) is 10.9 Å². The minimum absolute atomic E-state index is 0.196. The summed E-state index contributed by atoms with van der Waals surface area (Å²) in [5.41, 5.74) is 1.14. The third-order valence-electron chi connectivity index (χ3n) is 2.21. The number of benzene rings is 1. The second-order valence-corrected chi connectivity index (χ2v) is 4.56. The van der Waals surface area contributed by atoms with Crippen molar-refractivity contribution in [1.82, 2.24) is 4.98 Å². The van der Waals surface area contributed by atoms with E-state index in [1.165, 1.54) is 18.2 Å². The van der Waals surface area contributed by atoms with Crippen molar-refractivity contribution in [2.45, 2.75) is 6.61 Å². The first-order valence-corrected chi connectivity index (χ1v) is 5.69. The number of hydrogen-bond donors (Lipinski definition) is 1. The Balaban J connectivity index is 2.77. The van der Waals surface area contributed by atoms with E-state index in [9.17, 15) is 9.18 Å². The molecule has 1 heterocycles. The van der Waals surface area contributed by atoms with Crippen LogP contribution in [0.15, 0.2) is 23.0 Å². The lowest BCUT2D eigenvalue weighted by Gasteiger charge is -2.05. The molecule has 0 aliphatic carbocycles. The first-order valence-electron chi connectivity index (χ1n) is 4.61. The maximum atomic E-state index is 13.1. The molecule has 3 nitrogen and oxygen atoms in total. The zero-order valence-electron chi connectivity index (χ0n) is 8.51. The molecule has 1 aromatic heterocycles. The van der Waals surface area contributed by atoms with Crippen LogP contribution < -0.4 is 5.43 Å². The number of halogens is 2. The predicted octanol–water partition coefficient (Wildman–Crippen LogP) is 2.42. The Hall–Kier alpha value is -0.950. The molecule has 0 saturated carbocycles. The van der Waals surface area contributed by atoms with Gasteiger partial charge in [0.15, 0.2) is 5.43 Å². The molecular formula is C11H9FINO2. The van der Waals surface area contributed by atoms with E-state index < -0.39 is 5.82 Å². The van der Waals surface area contributed by atoms with Gasteiger partial charge in [0.1, 0.15) is 5.82 Å². The van der Waals surface area contributed by atoms with Gasteiger partial charge in [-0.2, -0.15) is 0 Å². The summed E-state index contributed by atoms with van der Waals surface area (Å²) in [6.07, 6.45) is 0. The Morgan fingerprint density at radius 1 is 1.44 bits per heavy atom. The van der Waals surface area contributed by atoms with Crippen molar-refractivity contribution in [3.63, 3.8) is 0 Å². The van der Waals surface area contributed by atoms with E-state index in [1.54, 1.807) is 7.11 Å². The van der Waals surface area contributed by atoms with Crippen LogP contribution in [0.2, 0.25) is 0 Å². The highest BCUT2D eigenvalue weighted by molar-refractivity contribution is 14.1. The molecular weight excluding hydrogens is 324 g/mol. The Morgan fingerprint density at radius 2 is 2.19 bits per heavy atom. The lowest BCUT2D eigenvalue weighted by molar-refractivity contribution is 0.181. The molecule has 0 bridgehead atoms. The zero-order valence-corrected chi connectivity index (χ0v) is 10.7. The van der Waals surface area contributed by atoms with Gasteiger partial charge in [0, 0.05) is 27.8 Å². The minimum Gasteiger partial charge on any atom is -0.378 e. The summed E-state index contributed by atoms with van der Waals surface area (Å²) < 4.78 is 18.8. The molecule has 0 fully saturated rings. The average molecular weight is 333 g/mol. The number of H-pyrrole nitrogens is 1. The Bertz CT molecular complexity index is 594. The quantitative estimate of drug-likeness (QED) is 0.858. The molecule has 0 radical (unpaired) electrons. The normalized spacial score (nSPS) is 10.9. The number of aromatic nitrogens is 1. The van der Waals surface area contributed by atoms with Gasteiger partial charge >= 0.3 is 0 Å². The van der Waals surface area contributed by atoms with Crippen molar-refractivity contribution < 1.29 is 9.13 Å². The molecule has 0 unspecified atom stereocenters. The second kappa shape index (κ2) is 4.50. The van der Waals surface area contributed by atoms with E-state index in [2.05, 4.69) is 4.98 Å². The SMILES string of the molecule is COCc1cc(=O)c2cc(F)cc(I)c2[nH]1. The number of hydrogen-bond acceptors (Lipinski definition) is 2. The first-order chi connectivity index (χ1) is 7.61. The maximum Gasteiger partial charge on any atom is 0.189 e. The van der Waals surface area contributed by atoms with E-state index in [0.717, 1.165) is 0 Å². The monoisotopic (exact) mass is 333 g/mol. The molecule has 5 heteroatoms. The van der Waals surface area contributed by atoms with Gasteiger partial charge in [-0.25, -0.2) is 4.39 Å². The standard InChI is InChI=1S/C11H9FINO2/c1-16-5-7-4-10(15)8-2-6(12)3-9(13)11(8)14-7/h2-4H,5H2,1H3,(H,14,15). The minimum atomic E-state index is -0.401. The lowest BCUT2D eigenvalue weighted by Crippen LogP contribution is -2.07. The number of fused-ring (bicyclic) bond motifs is 1. The summed E-state index contributed by atoms with van der Waals surface area (Å²) >= 11 is 1.99. The van der Waals surface area contributed by atoms with Crippen LogP contribution >= 0.6 is 22.6 Å². The van der Waals surface area contributed by atoms with Gasteiger partial charge < -0.3 is 9.72 Å². The number of pyridine rings is 1. The van der Waals surface area contributed by atoms with Gasteiger partial charge in [0.2, 0.25) is 0 Å². The Morgan fingerprint density at radius 3 is 2.88 bits per heavy atom. The molecule has 1 aromatic carbocycles. The molecule has 0 aliphatic heterocycles. The van der Waals surface area contributed by atoms with Crippen molar-refractivity contribution in [1.29, 1.82) is 0 Å². The number of ether oxygens (including phenoxy) is 1. The largest absolute Gasteiger partial charge is 0.378 e. The van der Waals surface area contributed by atoms with E-state index >= 15 is 0 Å². The second-order valence-electron chi connectivity index (χ2n) is 3.40. The highest BCUT2D eigenvalue weighted by Crippen LogP contribution is 2.18. The van der Waals surface area contributed by atoms with Crippen LogP contribution in [0.5, 0.6) is 0 Å². The van der Waals surface area contributed by atoms with Crippen molar-refractivity contribution in [2.24, 2.45) is 0 Å². The number of nitrogens with one attached hydrogen (secondary N) is 1. The van der Waals surface area contributed by atoms with Crippen LogP contribution in [0.3, 0.4) is 0 Å². The lowest BCUT2D eigenvalue weighted by atomic mass is 10.2. The highest BCUT2D eigenvalue weighted by Gasteiger charge is 2.07. The number of aromatic amines is 1. The molecule has 0 spiro atoms. The van der Waals surface area contributed by atoms with Crippen LogP contribution in [-0.2, 0) is 11.3 Å². The number of methoxy groups -OCH3 is 1. The van der Waals surface area contributed by atoms with E-state index in [1.807, 2.05) is 22.6 Å². The Labute approximate surface area is 105 Å². The van der Waals surface area contributed by atoms with E-state index in [4.69, 9.17) is 4.74 Å². The molecule has 0 saturated heterocycles. The van der Waals surface area contributed by atoms with Crippen molar-refractivity contribution >= 4 is 33.5 Å². The first kappa shape index (κ1) is 11.5. The highest BCUT2D eigenvalue weighted by atomic mass is 127. The zero-order chi connectivity index (χ0) is 11.7. The summed E-state index contributed by atoms with van der Waals surface area (Å²) in [4.78, 5) is 14.8. The third kappa shape index (κ3) is 2.10. The summed E-state index contributed by atoms with van der Waals surface area (Å²) in [6, 6.07) is 4.06. The van der Waals surface area contributed by atoms with Crippen molar-refractivity contribution in [3.05, 3.63) is 43.5 Å². The van der Waals surface area contributed by atoms with Gasteiger partial charge in [-0.15, -0.1) is 0 Å². The van der Waals surface area contributed by atoms with E-state index in [0.29, 0.717) is 26.8 Å². The van der Waals surface area contributed by atoms with E-state index in [-0.39, 0.29) is 5.43 Å². The molecule has 0 aliphatic rings. The van der Waals surface area contributed by atoms with Crippen molar-refractivity contribution in [3.8, 4) is 0 Å². The van der Waals surface area contributed by atoms with Crippen LogP contribution in [0, 0.1) is 9.39 Å². The van der Waals surface area contributed by atoms with Crippen LogP contribution in [0.4, 0.5) is 4.39 Å². The van der Waals surface area contributed by atoms with Gasteiger partial charge in [0.25, 0.3) is 0 Å². The smallest absolute Gasteiger partial charge is 0.189 e. The summed E-state index contributed by atoms with van der Waals surface area (Å²) in [6.45, 7) is 0.332. The fourth-order valence-corrected chi connectivity index (χ4v) is 2.28. The molecule has 2 rings (SSSR count). The molecule has 16 heavy (non-hydrogen) atoms. The summed E-state index contributed by atoms with van der Waals surface area (Å²) in [5.74, 6) is -0.401. The molecule has 1 N–H and O–H groups in total. The fraction of sp³-hybridized carbons (Fsp3) is 0.182. The molecule has 84 valence electrons.